The highest BCUT2D eigenvalue weighted by molar-refractivity contribution is 7.92. The van der Waals surface area contributed by atoms with Crippen LogP contribution in [-0.2, 0) is 23.0 Å². The maximum Gasteiger partial charge on any atom is 0.279 e. The number of aromatic nitrogens is 3. The molecule has 1 N–H and O–H groups in total. The second-order valence-corrected chi connectivity index (χ2v) is 8.87. The largest absolute Gasteiger partial charge is 0.295 e. The number of hydrogen-bond acceptors (Lipinski definition) is 5. The normalized spacial score (nSPS) is 12.1. The van der Waals surface area contributed by atoms with Crippen LogP contribution in [0.2, 0.25) is 0 Å². The molecule has 0 saturated heterocycles. The van der Waals surface area contributed by atoms with E-state index < -0.39 is 21.5 Å². The smallest absolute Gasteiger partial charge is 0.279 e. The van der Waals surface area contributed by atoms with Crippen molar-refractivity contribution in [1.82, 2.24) is 14.5 Å². The van der Waals surface area contributed by atoms with Crippen molar-refractivity contribution in [2.24, 2.45) is 7.05 Å². The van der Waals surface area contributed by atoms with Gasteiger partial charge in [-0.1, -0.05) is 30.3 Å². The van der Waals surface area contributed by atoms with Crippen molar-refractivity contribution in [2.45, 2.75) is 17.9 Å². The maximum absolute atomic E-state index is 13.8. The van der Waals surface area contributed by atoms with Crippen LogP contribution in [-0.4, -0.2) is 23.0 Å². The van der Waals surface area contributed by atoms with Crippen molar-refractivity contribution in [1.29, 1.82) is 0 Å². The van der Waals surface area contributed by atoms with Crippen LogP contribution in [0.3, 0.4) is 0 Å². The molecule has 0 atom stereocenters. The molecule has 10 heteroatoms. The standard InChI is InChI=1S/C22H18F2N4O3S/c1-22(23,24)15-8-5-7-14(13-15)20-26-19-16(21(29)28(20)2)9-6-10-17(19)27-32(30,31)18-11-3-4-12-25-18/h3-13,27H,1-2H3. The van der Waals surface area contributed by atoms with Crippen LogP contribution in [0.25, 0.3) is 22.3 Å². The minimum absolute atomic E-state index is 0.0732. The van der Waals surface area contributed by atoms with Crippen molar-refractivity contribution in [2.75, 3.05) is 4.72 Å². The summed E-state index contributed by atoms with van der Waals surface area (Å²) >= 11 is 0. The average Bonchev–Trinajstić information content (AvgIpc) is 2.76. The number of anilines is 1. The molecule has 0 aliphatic carbocycles. The summed E-state index contributed by atoms with van der Waals surface area (Å²) < 4.78 is 56.8. The van der Waals surface area contributed by atoms with Gasteiger partial charge in [-0.25, -0.2) is 18.7 Å². The van der Waals surface area contributed by atoms with E-state index in [2.05, 4.69) is 14.7 Å². The number of halogens is 2. The first-order chi connectivity index (χ1) is 15.1. The number of fused-ring (bicyclic) bond motifs is 1. The monoisotopic (exact) mass is 456 g/mol. The van der Waals surface area contributed by atoms with E-state index in [4.69, 9.17) is 0 Å². The number of nitrogens with zero attached hydrogens (tertiary/aromatic N) is 3. The number of benzene rings is 2. The molecule has 0 spiro atoms. The van der Waals surface area contributed by atoms with Gasteiger partial charge in [-0.05, 0) is 30.3 Å². The predicted molar refractivity (Wildman–Crippen MR) is 117 cm³/mol. The highest BCUT2D eigenvalue weighted by Crippen LogP contribution is 2.31. The second kappa shape index (κ2) is 7.79. The molecule has 2 aromatic heterocycles. The molecule has 0 bridgehead atoms. The zero-order valence-corrected chi connectivity index (χ0v) is 17.9. The molecule has 0 amide bonds. The van der Waals surface area contributed by atoms with Crippen molar-refractivity contribution in [3.63, 3.8) is 0 Å². The summed E-state index contributed by atoms with van der Waals surface area (Å²) in [6, 6.07) is 14.5. The van der Waals surface area contributed by atoms with E-state index in [-0.39, 0.29) is 33.0 Å². The van der Waals surface area contributed by atoms with Crippen molar-refractivity contribution in [3.05, 3.63) is 82.8 Å². The van der Waals surface area contributed by atoms with Crippen LogP contribution in [0.5, 0.6) is 0 Å². The minimum Gasteiger partial charge on any atom is -0.295 e. The van der Waals surface area contributed by atoms with Crippen LogP contribution < -0.4 is 10.3 Å². The van der Waals surface area contributed by atoms with Crippen molar-refractivity contribution >= 4 is 26.6 Å². The Balaban J connectivity index is 1.90. The van der Waals surface area contributed by atoms with Crippen LogP contribution >= 0.6 is 0 Å². The molecular formula is C22H18F2N4O3S. The first-order valence-corrected chi connectivity index (χ1v) is 11.0. The molecule has 0 radical (unpaired) electrons. The fraction of sp³-hybridized carbons (Fsp3) is 0.136. The van der Waals surface area contributed by atoms with Gasteiger partial charge in [0.15, 0.2) is 5.03 Å². The Morgan fingerprint density at radius 2 is 1.78 bits per heavy atom. The Bertz CT molecular complexity index is 1480. The summed E-state index contributed by atoms with van der Waals surface area (Å²) in [6.07, 6.45) is 1.35. The number of pyridine rings is 1. The van der Waals surface area contributed by atoms with Gasteiger partial charge in [0.1, 0.15) is 11.3 Å². The van der Waals surface area contributed by atoms with Gasteiger partial charge >= 0.3 is 0 Å². The average molecular weight is 456 g/mol. The van der Waals surface area contributed by atoms with Gasteiger partial charge in [-0.15, -0.1) is 0 Å². The highest BCUT2D eigenvalue weighted by Gasteiger charge is 2.25. The van der Waals surface area contributed by atoms with Gasteiger partial charge in [-0.3, -0.25) is 14.1 Å². The molecule has 4 aromatic rings. The van der Waals surface area contributed by atoms with Crippen LogP contribution in [0, 0.1) is 0 Å². The Morgan fingerprint density at radius 1 is 1.03 bits per heavy atom. The molecule has 0 saturated carbocycles. The predicted octanol–water partition coefficient (Wildman–Crippen LogP) is 3.91. The quantitative estimate of drug-likeness (QED) is 0.492. The SMILES string of the molecule is Cn1c(-c2cccc(C(C)(F)F)c2)nc2c(NS(=O)(=O)c3ccccn3)cccc2c1=O. The molecule has 164 valence electrons. The summed E-state index contributed by atoms with van der Waals surface area (Å²) in [5.74, 6) is -2.95. The first-order valence-electron chi connectivity index (χ1n) is 9.50. The Morgan fingerprint density at radius 3 is 2.47 bits per heavy atom. The molecular weight excluding hydrogens is 438 g/mol. The van der Waals surface area contributed by atoms with E-state index in [1.54, 1.807) is 12.1 Å². The van der Waals surface area contributed by atoms with E-state index in [0.717, 1.165) is 6.92 Å². The number of sulfonamides is 1. The third-order valence-corrected chi connectivity index (χ3v) is 6.17. The molecule has 7 nitrogen and oxygen atoms in total. The molecule has 32 heavy (non-hydrogen) atoms. The lowest BCUT2D eigenvalue weighted by Crippen LogP contribution is -2.22. The zero-order chi connectivity index (χ0) is 23.1. The summed E-state index contributed by atoms with van der Waals surface area (Å²) in [4.78, 5) is 21.3. The minimum atomic E-state index is -4.04. The number of hydrogen-bond donors (Lipinski definition) is 1. The highest BCUT2D eigenvalue weighted by atomic mass is 32.2. The Hall–Kier alpha value is -3.66. The molecule has 0 aliphatic rings. The zero-order valence-electron chi connectivity index (χ0n) is 17.1. The van der Waals surface area contributed by atoms with Crippen LogP contribution in [0.15, 0.2) is 76.7 Å². The fourth-order valence-electron chi connectivity index (χ4n) is 3.27. The third kappa shape index (κ3) is 3.96. The van der Waals surface area contributed by atoms with E-state index in [1.807, 2.05) is 0 Å². The van der Waals surface area contributed by atoms with Gasteiger partial charge in [0.05, 0.1) is 11.1 Å². The summed E-state index contributed by atoms with van der Waals surface area (Å²) in [6.45, 7) is 0.781. The molecule has 4 rings (SSSR count). The number of para-hydroxylation sites is 1. The third-order valence-electron chi connectivity index (χ3n) is 4.89. The first kappa shape index (κ1) is 21.6. The van der Waals surface area contributed by atoms with Gasteiger partial charge in [0.2, 0.25) is 0 Å². The van der Waals surface area contributed by atoms with Gasteiger partial charge in [-0.2, -0.15) is 8.42 Å². The number of rotatable bonds is 5. The van der Waals surface area contributed by atoms with Crippen molar-refractivity contribution in [3.8, 4) is 11.4 Å². The van der Waals surface area contributed by atoms with Crippen LogP contribution in [0.4, 0.5) is 14.5 Å². The van der Waals surface area contributed by atoms with Gasteiger partial charge < -0.3 is 0 Å². The molecule has 2 aromatic carbocycles. The fourth-order valence-corrected chi connectivity index (χ4v) is 4.29. The molecule has 0 fully saturated rings. The van der Waals surface area contributed by atoms with Gasteiger partial charge in [0.25, 0.3) is 21.5 Å². The number of alkyl halides is 2. The van der Waals surface area contributed by atoms with E-state index in [0.29, 0.717) is 5.56 Å². The molecule has 2 heterocycles. The topological polar surface area (TPSA) is 93.9 Å². The second-order valence-electron chi connectivity index (χ2n) is 7.24. The molecule has 0 aliphatic heterocycles. The van der Waals surface area contributed by atoms with E-state index in [9.17, 15) is 22.0 Å². The summed E-state index contributed by atoms with van der Waals surface area (Å²) in [5, 5.41) is -0.0200. The Kier molecular flexibility index (Phi) is 5.25. The maximum atomic E-state index is 13.8. The lowest BCUT2D eigenvalue weighted by Gasteiger charge is -2.15. The molecule has 0 unspecified atom stereocenters. The van der Waals surface area contributed by atoms with E-state index >= 15 is 0 Å². The summed E-state index contributed by atoms with van der Waals surface area (Å²) in [7, 11) is -2.56. The van der Waals surface area contributed by atoms with Gasteiger partial charge in [0, 0.05) is 31.3 Å². The lowest BCUT2D eigenvalue weighted by atomic mass is 10.1. The van der Waals surface area contributed by atoms with Crippen molar-refractivity contribution < 1.29 is 17.2 Å². The lowest BCUT2D eigenvalue weighted by molar-refractivity contribution is 0.0175. The summed E-state index contributed by atoms with van der Waals surface area (Å²) in [5.41, 5.74) is -0.207. The van der Waals surface area contributed by atoms with Crippen LogP contribution in [0.1, 0.15) is 12.5 Å². The Labute approximate surface area is 182 Å². The van der Waals surface area contributed by atoms with E-state index in [1.165, 1.54) is 66.3 Å². The number of nitrogens with one attached hydrogen (secondary N) is 1.